The summed E-state index contributed by atoms with van der Waals surface area (Å²) in [4.78, 5) is 26.8. The number of hydrogen-bond acceptors (Lipinski definition) is 4. The molecule has 0 aliphatic carbocycles. The summed E-state index contributed by atoms with van der Waals surface area (Å²) in [5.41, 5.74) is 2.91. The number of benzene rings is 3. The predicted molar refractivity (Wildman–Crippen MR) is 123 cm³/mol. The number of carbonyl (C=O) groups excluding carboxylic acids is 1. The van der Waals surface area contributed by atoms with Crippen molar-refractivity contribution in [2.24, 2.45) is 5.41 Å². The summed E-state index contributed by atoms with van der Waals surface area (Å²) >= 11 is 0. The third kappa shape index (κ3) is 3.41. The smallest absolute Gasteiger partial charge is 0.339 e. The number of methoxy groups -OCH3 is 1. The molecule has 0 saturated carbocycles. The SMILES string of the molecule is COc1cc(-c2cccc3c(C(=O)N4CC5(CCNCC5)C4)cccc23)ccc1C(=O)O. The van der Waals surface area contributed by atoms with E-state index in [0.717, 1.165) is 60.9 Å². The molecule has 32 heavy (non-hydrogen) atoms. The lowest BCUT2D eigenvalue weighted by Crippen LogP contribution is -2.61. The first-order valence-corrected chi connectivity index (χ1v) is 10.9. The van der Waals surface area contributed by atoms with Crippen molar-refractivity contribution in [2.45, 2.75) is 12.8 Å². The molecule has 5 rings (SSSR count). The monoisotopic (exact) mass is 430 g/mol. The zero-order valence-corrected chi connectivity index (χ0v) is 18.1. The van der Waals surface area contributed by atoms with E-state index >= 15 is 0 Å². The molecule has 2 heterocycles. The number of carboxylic acids is 1. The van der Waals surface area contributed by atoms with Crippen LogP contribution in [0.15, 0.2) is 54.6 Å². The molecule has 0 radical (unpaired) electrons. The normalized spacial score (nSPS) is 17.2. The Kier molecular flexibility index (Phi) is 5.10. The van der Waals surface area contributed by atoms with Gasteiger partial charge in [-0.15, -0.1) is 0 Å². The average Bonchev–Trinajstić information content (AvgIpc) is 2.81. The molecular weight excluding hydrogens is 404 g/mol. The fourth-order valence-corrected chi connectivity index (χ4v) is 5.13. The van der Waals surface area contributed by atoms with Crippen LogP contribution in [0.25, 0.3) is 21.9 Å². The van der Waals surface area contributed by atoms with E-state index in [1.807, 2.05) is 41.3 Å². The quantitative estimate of drug-likeness (QED) is 0.653. The Morgan fingerprint density at radius 2 is 1.69 bits per heavy atom. The van der Waals surface area contributed by atoms with Gasteiger partial charge in [-0.05, 0) is 66.0 Å². The highest BCUT2D eigenvalue weighted by molar-refractivity contribution is 6.10. The highest BCUT2D eigenvalue weighted by Gasteiger charge is 2.45. The van der Waals surface area contributed by atoms with Gasteiger partial charge in [0.1, 0.15) is 11.3 Å². The molecule has 3 aromatic rings. The summed E-state index contributed by atoms with van der Waals surface area (Å²) in [5, 5.41) is 14.6. The molecule has 2 aliphatic heterocycles. The Bertz CT molecular complexity index is 1210. The van der Waals surface area contributed by atoms with Gasteiger partial charge in [-0.3, -0.25) is 4.79 Å². The first-order valence-electron chi connectivity index (χ1n) is 10.9. The van der Waals surface area contributed by atoms with E-state index in [4.69, 9.17) is 4.74 Å². The summed E-state index contributed by atoms with van der Waals surface area (Å²) in [6.45, 7) is 3.72. The largest absolute Gasteiger partial charge is 0.496 e. The Morgan fingerprint density at radius 3 is 2.41 bits per heavy atom. The number of hydrogen-bond donors (Lipinski definition) is 2. The van der Waals surface area contributed by atoms with Gasteiger partial charge in [-0.2, -0.15) is 0 Å². The molecule has 0 aromatic heterocycles. The number of nitrogens with one attached hydrogen (secondary N) is 1. The maximum absolute atomic E-state index is 13.4. The number of amides is 1. The zero-order chi connectivity index (χ0) is 22.3. The minimum Gasteiger partial charge on any atom is -0.496 e. The second-order valence-corrected chi connectivity index (χ2v) is 8.84. The highest BCUT2D eigenvalue weighted by Crippen LogP contribution is 2.40. The topological polar surface area (TPSA) is 78.9 Å². The van der Waals surface area contributed by atoms with Gasteiger partial charge >= 0.3 is 5.97 Å². The van der Waals surface area contributed by atoms with Crippen LogP contribution in [0.1, 0.15) is 33.6 Å². The minimum atomic E-state index is -1.03. The summed E-state index contributed by atoms with van der Waals surface area (Å²) in [6.07, 6.45) is 2.26. The molecule has 164 valence electrons. The second-order valence-electron chi connectivity index (χ2n) is 8.84. The van der Waals surface area contributed by atoms with Crippen LogP contribution in [0.3, 0.4) is 0 Å². The van der Waals surface area contributed by atoms with E-state index < -0.39 is 5.97 Å². The van der Waals surface area contributed by atoms with Crippen LogP contribution < -0.4 is 10.1 Å². The van der Waals surface area contributed by atoms with Gasteiger partial charge in [-0.25, -0.2) is 4.79 Å². The van der Waals surface area contributed by atoms with Gasteiger partial charge in [-0.1, -0.05) is 36.4 Å². The third-order valence-corrected chi connectivity index (χ3v) is 6.90. The number of piperidine rings is 1. The van der Waals surface area contributed by atoms with Crippen molar-refractivity contribution in [1.29, 1.82) is 0 Å². The molecule has 2 N–H and O–H groups in total. The Labute approximate surface area is 186 Å². The van der Waals surface area contributed by atoms with E-state index in [2.05, 4.69) is 5.32 Å². The maximum atomic E-state index is 13.4. The first kappa shape index (κ1) is 20.5. The van der Waals surface area contributed by atoms with Gasteiger partial charge in [0.15, 0.2) is 0 Å². The Hall–Kier alpha value is -3.38. The van der Waals surface area contributed by atoms with Crippen LogP contribution in [0, 0.1) is 5.41 Å². The van der Waals surface area contributed by atoms with Crippen molar-refractivity contribution in [1.82, 2.24) is 10.2 Å². The molecule has 1 spiro atoms. The summed E-state index contributed by atoms with van der Waals surface area (Å²) in [7, 11) is 1.47. The second kappa shape index (κ2) is 7.95. The van der Waals surface area contributed by atoms with Crippen molar-refractivity contribution >= 4 is 22.6 Å². The van der Waals surface area contributed by atoms with Gasteiger partial charge < -0.3 is 20.1 Å². The molecule has 1 amide bonds. The Morgan fingerprint density at radius 1 is 0.969 bits per heavy atom. The number of carbonyl (C=O) groups is 2. The summed E-state index contributed by atoms with van der Waals surface area (Å²) < 4.78 is 5.31. The van der Waals surface area contributed by atoms with Gasteiger partial charge in [0.2, 0.25) is 0 Å². The lowest BCUT2D eigenvalue weighted by molar-refractivity contribution is -0.0112. The minimum absolute atomic E-state index is 0.0794. The van der Waals surface area contributed by atoms with Crippen molar-refractivity contribution in [2.75, 3.05) is 33.3 Å². The van der Waals surface area contributed by atoms with Crippen molar-refractivity contribution in [3.05, 3.63) is 65.7 Å². The average molecular weight is 431 g/mol. The van der Waals surface area contributed by atoms with Crippen LogP contribution in [-0.4, -0.2) is 55.2 Å². The number of fused-ring (bicyclic) bond motifs is 1. The summed E-state index contributed by atoms with van der Waals surface area (Å²) in [6, 6.07) is 16.8. The number of nitrogens with zero attached hydrogens (tertiary/aromatic N) is 1. The molecule has 2 saturated heterocycles. The number of likely N-dealkylation sites (tertiary alicyclic amines) is 1. The third-order valence-electron chi connectivity index (χ3n) is 6.90. The number of ether oxygens (including phenoxy) is 1. The van der Waals surface area contributed by atoms with Crippen molar-refractivity contribution in [3.8, 4) is 16.9 Å². The van der Waals surface area contributed by atoms with E-state index in [1.165, 1.54) is 7.11 Å². The molecule has 3 aromatic carbocycles. The lowest BCUT2D eigenvalue weighted by Gasteiger charge is -2.52. The summed E-state index contributed by atoms with van der Waals surface area (Å²) in [5.74, 6) is -0.636. The number of carboxylic acid groups (broad SMARTS) is 1. The molecule has 6 nitrogen and oxygen atoms in total. The fourth-order valence-electron chi connectivity index (χ4n) is 5.13. The van der Waals surface area contributed by atoms with E-state index in [0.29, 0.717) is 16.7 Å². The van der Waals surface area contributed by atoms with E-state index in [-0.39, 0.29) is 11.5 Å². The highest BCUT2D eigenvalue weighted by atomic mass is 16.5. The van der Waals surface area contributed by atoms with Gasteiger partial charge in [0.05, 0.1) is 7.11 Å². The molecule has 0 unspecified atom stereocenters. The first-order chi connectivity index (χ1) is 15.5. The van der Waals surface area contributed by atoms with Crippen LogP contribution >= 0.6 is 0 Å². The molecule has 2 aliphatic rings. The van der Waals surface area contributed by atoms with Crippen LogP contribution in [0.4, 0.5) is 0 Å². The van der Waals surface area contributed by atoms with E-state index in [9.17, 15) is 14.7 Å². The zero-order valence-electron chi connectivity index (χ0n) is 18.1. The molecule has 0 bridgehead atoms. The lowest BCUT2D eigenvalue weighted by atomic mass is 9.72. The van der Waals surface area contributed by atoms with Crippen LogP contribution in [-0.2, 0) is 0 Å². The standard InChI is InChI=1S/C26H26N2O4/c1-32-23-14-17(8-9-22(23)25(30)31)18-4-2-6-20-19(18)5-3-7-21(20)24(29)28-15-26(16-28)10-12-27-13-11-26/h2-9,14,27H,10-13,15-16H2,1H3,(H,30,31). The van der Waals surface area contributed by atoms with Crippen LogP contribution in [0.2, 0.25) is 0 Å². The van der Waals surface area contributed by atoms with E-state index in [1.54, 1.807) is 18.2 Å². The fraction of sp³-hybridized carbons (Fsp3) is 0.308. The number of rotatable bonds is 4. The predicted octanol–water partition coefficient (Wildman–Crippen LogP) is 4.04. The van der Waals surface area contributed by atoms with Crippen LogP contribution in [0.5, 0.6) is 5.75 Å². The van der Waals surface area contributed by atoms with Gasteiger partial charge in [0, 0.05) is 24.1 Å². The Balaban J connectivity index is 1.50. The van der Waals surface area contributed by atoms with Crippen molar-refractivity contribution < 1.29 is 19.4 Å². The number of aromatic carboxylic acids is 1. The van der Waals surface area contributed by atoms with Crippen molar-refractivity contribution in [3.63, 3.8) is 0 Å². The van der Waals surface area contributed by atoms with Gasteiger partial charge in [0.25, 0.3) is 5.91 Å². The molecular formula is C26H26N2O4. The molecule has 2 fully saturated rings. The maximum Gasteiger partial charge on any atom is 0.339 e. The molecule has 0 atom stereocenters. The molecule has 6 heteroatoms.